The third kappa shape index (κ3) is 4.74. The van der Waals surface area contributed by atoms with Crippen LogP contribution in [0.1, 0.15) is 32.3 Å². The monoisotopic (exact) mass is 374 g/mol. The molecular formula is C21H34N4O2. The summed E-state index contributed by atoms with van der Waals surface area (Å²) in [6.45, 7) is 12.1. The lowest BCUT2D eigenvalue weighted by molar-refractivity contribution is 0.104. The van der Waals surface area contributed by atoms with Gasteiger partial charge in [-0.1, -0.05) is 6.92 Å². The molecule has 27 heavy (non-hydrogen) atoms. The van der Waals surface area contributed by atoms with Crippen LogP contribution in [0.2, 0.25) is 0 Å². The molecule has 0 bridgehead atoms. The number of piperidine rings is 1. The number of carbonyl (C=O) groups is 1. The Bertz CT molecular complexity index is 645. The molecule has 6 heteroatoms. The second-order valence-corrected chi connectivity index (χ2v) is 7.80. The van der Waals surface area contributed by atoms with Gasteiger partial charge in [0.1, 0.15) is 0 Å². The van der Waals surface area contributed by atoms with Crippen molar-refractivity contribution in [3.05, 3.63) is 23.8 Å². The van der Waals surface area contributed by atoms with E-state index in [0.717, 1.165) is 63.5 Å². The minimum Gasteiger partial charge on any atom is -0.378 e. The van der Waals surface area contributed by atoms with Crippen LogP contribution in [0, 0.1) is 6.92 Å². The maximum Gasteiger partial charge on any atom is 0.321 e. The van der Waals surface area contributed by atoms with Gasteiger partial charge in [0, 0.05) is 50.1 Å². The molecule has 1 aromatic carbocycles. The fourth-order valence-electron chi connectivity index (χ4n) is 4.19. The number of ether oxygens (including phenoxy) is 1. The second kappa shape index (κ2) is 8.93. The summed E-state index contributed by atoms with van der Waals surface area (Å²) in [6.07, 6.45) is 2.07. The first-order chi connectivity index (χ1) is 13.0. The van der Waals surface area contributed by atoms with Gasteiger partial charge in [0.25, 0.3) is 0 Å². The number of likely N-dealkylation sites (tertiary alicyclic amines) is 1. The quantitative estimate of drug-likeness (QED) is 0.879. The van der Waals surface area contributed by atoms with Crippen molar-refractivity contribution >= 4 is 17.4 Å². The van der Waals surface area contributed by atoms with Crippen LogP contribution in [0.3, 0.4) is 0 Å². The van der Waals surface area contributed by atoms with Crippen molar-refractivity contribution in [2.24, 2.45) is 0 Å². The Balaban J connectivity index is 1.60. The van der Waals surface area contributed by atoms with E-state index in [-0.39, 0.29) is 6.03 Å². The van der Waals surface area contributed by atoms with E-state index >= 15 is 0 Å². The predicted molar refractivity (Wildman–Crippen MR) is 111 cm³/mol. The molecule has 0 aromatic heterocycles. The van der Waals surface area contributed by atoms with Crippen LogP contribution in [0.25, 0.3) is 0 Å². The number of urea groups is 1. The molecule has 0 unspecified atom stereocenters. The van der Waals surface area contributed by atoms with Gasteiger partial charge in [-0.05, 0) is 57.0 Å². The lowest BCUT2D eigenvalue weighted by Gasteiger charge is -2.40. The molecule has 0 aliphatic carbocycles. The van der Waals surface area contributed by atoms with Crippen LogP contribution in [-0.2, 0) is 4.74 Å². The number of benzene rings is 1. The van der Waals surface area contributed by atoms with E-state index in [9.17, 15) is 4.79 Å². The molecule has 3 rings (SSSR count). The second-order valence-electron chi connectivity index (χ2n) is 7.80. The number of morpholine rings is 1. The summed E-state index contributed by atoms with van der Waals surface area (Å²) < 4.78 is 5.43. The summed E-state index contributed by atoms with van der Waals surface area (Å²) in [5.74, 6) is 0. The zero-order valence-corrected chi connectivity index (χ0v) is 17.2. The first kappa shape index (κ1) is 20.0. The average Bonchev–Trinajstić information content (AvgIpc) is 2.69. The number of anilines is 2. The largest absolute Gasteiger partial charge is 0.378 e. The molecule has 2 saturated heterocycles. The lowest BCUT2D eigenvalue weighted by atomic mass is 9.97. The Morgan fingerprint density at radius 3 is 2.67 bits per heavy atom. The molecule has 2 fully saturated rings. The molecule has 2 heterocycles. The van der Waals surface area contributed by atoms with Gasteiger partial charge in [-0.25, -0.2) is 4.79 Å². The van der Waals surface area contributed by atoms with Crippen molar-refractivity contribution in [2.45, 2.75) is 45.7 Å². The van der Waals surface area contributed by atoms with Crippen LogP contribution >= 0.6 is 0 Å². The predicted octanol–water partition coefficient (Wildman–Crippen LogP) is 3.17. The standard InChI is InChI=1S/C21H34N4O2/c1-5-24-9-8-18(15-17(24)3)23(4)21(26)22-20-7-6-19(14-16(20)2)25-10-12-27-13-11-25/h6-7,14,17-18H,5,8-13,15H2,1-4H3,(H,22,26)/t17-,18+/m0/s1. The zero-order valence-electron chi connectivity index (χ0n) is 17.2. The highest BCUT2D eigenvalue weighted by Gasteiger charge is 2.29. The average molecular weight is 375 g/mol. The highest BCUT2D eigenvalue weighted by Crippen LogP contribution is 2.25. The van der Waals surface area contributed by atoms with E-state index in [0.29, 0.717) is 12.1 Å². The van der Waals surface area contributed by atoms with E-state index in [4.69, 9.17) is 4.74 Å². The SMILES string of the molecule is CCN1CC[C@@H](N(C)C(=O)Nc2ccc(N3CCOCC3)cc2C)C[C@@H]1C. The van der Waals surface area contributed by atoms with Crippen molar-refractivity contribution in [2.75, 3.05) is 56.7 Å². The Labute approximate surface area is 163 Å². The highest BCUT2D eigenvalue weighted by atomic mass is 16.5. The van der Waals surface area contributed by atoms with Gasteiger partial charge < -0.3 is 24.8 Å². The number of rotatable bonds is 4. The van der Waals surface area contributed by atoms with Gasteiger partial charge >= 0.3 is 6.03 Å². The number of aryl methyl sites for hydroxylation is 1. The van der Waals surface area contributed by atoms with Gasteiger partial charge in [0.05, 0.1) is 13.2 Å². The Hall–Kier alpha value is -1.79. The van der Waals surface area contributed by atoms with E-state index in [1.807, 2.05) is 18.0 Å². The Kier molecular flexibility index (Phi) is 6.60. The smallest absolute Gasteiger partial charge is 0.321 e. The van der Waals surface area contributed by atoms with Crippen LogP contribution in [0.4, 0.5) is 16.2 Å². The van der Waals surface area contributed by atoms with Crippen LogP contribution in [-0.4, -0.2) is 74.4 Å². The van der Waals surface area contributed by atoms with Crippen molar-refractivity contribution in [1.82, 2.24) is 9.80 Å². The van der Waals surface area contributed by atoms with Crippen LogP contribution in [0.15, 0.2) is 18.2 Å². The number of carbonyl (C=O) groups excluding carboxylic acids is 1. The molecule has 0 saturated carbocycles. The topological polar surface area (TPSA) is 48.0 Å². The zero-order chi connectivity index (χ0) is 19.4. The van der Waals surface area contributed by atoms with Crippen molar-refractivity contribution < 1.29 is 9.53 Å². The normalized spacial score (nSPS) is 23.9. The first-order valence-corrected chi connectivity index (χ1v) is 10.2. The Morgan fingerprint density at radius 2 is 2.04 bits per heavy atom. The summed E-state index contributed by atoms with van der Waals surface area (Å²) >= 11 is 0. The van der Waals surface area contributed by atoms with Crippen LogP contribution in [0.5, 0.6) is 0 Å². The maximum atomic E-state index is 12.8. The third-order valence-electron chi connectivity index (χ3n) is 6.09. The van der Waals surface area contributed by atoms with Crippen molar-refractivity contribution in [3.63, 3.8) is 0 Å². The van der Waals surface area contributed by atoms with Crippen LogP contribution < -0.4 is 10.2 Å². The van der Waals surface area contributed by atoms with Crippen molar-refractivity contribution in [3.8, 4) is 0 Å². The Morgan fingerprint density at radius 1 is 1.30 bits per heavy atom. The minimum absolute atomic E-state index is 0.0145. The van der Waals surface area contributed by atoms with E-state index in [1.54, 1.807) is 0 Å². The van der Waals surface area contributed by atoms with Gasteiger partial charge in [-0.3, -0.25) is 0 Å². The molecule has 0 spiro atoms. The summed E-state index contributed by atoms with van der Waals surface area (Å²) in [5.41, 5.74) is 3.18. The third-order valence-corrected chi connectivity index (χ3v) is 6.09. The number of nitrogens with zero attached hydrogens (tertiary/aromatic N) is 3. The summed E-state index contributed by atoms with van der Waals surface area (Å²) in [4.78, 5) is 19.5. The van der Waals surface area contributed by atoms with E-state index in [2.05, 4.69) is 48.0 Å². The molecular weight excluding hydrogens is 340 g/mol. The van der Waals surface area contributed by atoms with Gasteiger partial charge in [0.2, 0.25) is 0 Å². The van der Waals surface area contributed by atoms with Gasteiger partial charge in [-0.2, -0.15) is 0 Å². The highest BCUT2D eigenvalue weighted by molar-refractivity contribution is 5.90. The summed E-state index contributed by atoms with van der Waals surface area (Å²) in [6, 6.07) is 7.08. The molecule has 2 amide bonds. The van der Waals surface area contributed by atoms with E-state index in [1.165, 1.54) is 5.69 Å². The fourth-order valence-corrected chi connectivity index (χ4v) is 4.19. The number of amides is 2. The van der Waals surface area contributed by atoms with Gasteiger partial charge in [-0.15, -0.1) is 0 Å². The number of hydrogen-bond donors (Lipinski definition) is 1. The molecule has 1 N–H and O–H groups in total. The van der Waals surface area contributed by atoms with Gasteiger partial charge in [0.15, 0.2) is 0 Å². The fraction of sp³-hybridized carbons (Fsp3) is 0.667. The molecule has 6 nitrogen and oxygen atoms in total. The molecule has 2 aliphatic heterocycles. The molecule has 2 aliphatic rings. The molecule has 0 radical (unpaired) electrons. The molecule has 1 aromatic rings. The van der Waals surface area contributed by atoms with Crippen molar-refractivity contribution in [1.29, 1.82) is 0 Å². The first-order valence-electron chi connectivity index (χ1n) is 10.2. The molecule has 150 valence electrons. The maximum absolute atomic E-state index is 12.8. The summed E-state index contributed by atoms with van der Waals surface area (Å²) in [5, 5.41) is 3.11. The summed E-state index contributed by atoms with van der Waals surface area (Å²) in [7, 11) is 1.92. The number of hydrogen-bond acceptors (Lipinski definition) is 4. The minimum atomic E-state index is -0.0145. The number of nitrogens with one attached hydrogen (secondary N) is 1. The lowest BCUT2D eigenvalue weighted by Crippen LogP contribution is -2.50. The van der Waals surface area contributed by atoms with E-state index < -0.39 is 0 Å². The molecule has 2 atom stereocenters.